The van der Waals surface area contributed by atoms with Gasteiger partial charge in [-0.1, -0.05) is 24.3 Å². The van der Waals surface area contributed by atoms with Gasteiger partial charge in [0.15, 0.2) is 0 Å². The van der Waals surface area contributed by atoms with Crippen LogP contribution in [-0.2, 0) is 4.79 Å². The summed E-state index contributed by atoms with van der Waals surface area (Å²) in [5.41, 5.74) is 3.40. The lowest BCUT2D eigenvalue weighted by atomic mass is 10.2. The van der Waals surface area contributed by atoms with Crippen molar-refractivity contribution >= 4 is 34.7 Å². The number of benzene rings is 3. The van der Waals surface area contributed by atoms with Crippen LogP contribution in [0.25, 0.3) is 0 Å². The van der Waals surface area contributed by atoms with E-state index in [0.717, 1.165) is 11.4 Å². The molecule has 3 aromatic rings. The molecule has 0 aromatic heterocycles. The molecule has 0 aliphatic rings. The first-order valence-electron chi connectivity index (χ1n) is 7.66. The fourth-order valence-corrected chi connectivity index (χ4v) is 2.30. The summed E-state index contributed by atoms with van der Waals surface area (Å²) < 4.78 is 0. The number of carbonyl (C=O) groups is 1. The Morgan fingerprint density at radius 1 is 0.800 bits per heavy atom. The van der Waals surface area contributed by atoms with E-state index in [2.05, 4.69) is 15.6 Å². The largest absolute Gasteiger partial charge is 0.356 e. The summed E-state index contributed by atoms with van der Waals surface area (Å²) in [6.45, 7) is 0. The lowest BCUT2D eigenvalue weighted by Gasteiger charge is -2.09. The van der Waals surface area contributed by atoms with Crippen LogP contribution in [0.3, 0.4) is 0 Å². The third kappa shape index (κ3) is 4.41. The molecule has 0 saturated carbocycles. The standard InChI is InChI=1S/C20H15N3O2/c24-14-21-19-8-4-5-15(13-19)20(25)23-18-11-9-17(10-12-18)22-16-6-2-1-3-7-16/h1-13,22H,(H,23,25). The highest BCUT2D eigenvalue weighted by molar-refractivity contribution is 6.04. The van der Waals surface area contributed by atoms with Gasteiger partial charge in [0.25, 0.3) is 5.91 Å². The molecule has 2 N–H and O–H groups in total. The predicted octanol–water partition coefficient (Wildman–Crippen LogP) is 4.65. The second kappa shape index (κ2) is 7.73. The zero-order valence-corrected chi connectivity index (χ0v) is 13.3. The minimum Gasteiger partial charge on any atom is -0.356 e. The maximum atomic E-state index is 12.3. The Labute approximate surface area is 145 Å². The van der Waals surface area contributed by atoms with Crippen LogP contribution in [0, 0.1) is 0 Å². The van der Waals surface area contributed by atoms with Crippen molar-refractivity contribution in [1.29, 1.82) is 0 Å². The summed E-state index contributed by atoms with van der Waals surface area (Å²) in [4.78, 5) is 26.1. The number of isocyanates is 1. The summed E-state index contributed by atoms with van der Waals surface area (Å²) in [5, 5.41) is 6.09. The molecule has 0 bridgehead atoms. The van der Waals surface area contributed by atoms with Crippen molar-refractivity contribution in [2.75, 3.05) is 10.6 Å². The van der Waals surface area contributed by atoms with Crippen LogP contribution < -0.4 is 10.6 Å². The van der Waals surface area contributed by atoms with Crippen LogP contribution in [0.15, 0.2) is 83.9 Å². The molecule has 3 aromatic carbocycles. The van der Waals surface area contributed by atoms with Gasteiger partial charge in [0, 0.05) is 22.6 Å². The normalized spacial score (nSPS) is 9.76. The van der Waals surface area contributed by atoms with E-state index < -0.39 is 0 Å². The van der Waals surface area contributed by atoms with Gasteiger partial charge in [-0.3, -0.25) is 4.79 Å². The van der Waals surface area contributed by atoms with Gasteiger partial charge in [-0.05, 0) is 54.6 Å². The Balaban J connectivity index is 1.67. The van der Waals surface area contributed by atoms with E-state index in [4.69, 9.17) is 0 Å². The molecule has 0 aliphatic carbocycles. The summed E-state index contributed by atoms with van der Waals surface area (Å²) >= 11 is 0. The second-order valence-electron chi connectivity index (χ2n) is 5.28. The second-order valence-corrected chi connectivity index (χ2v) is 5.28. The molecule has 0 aliphatic heterocycles. The van der Waals surface area contributed by atoms with Gasteiger partial charge < -0.3 is 10.6 Å². The number of hydrogen-bond donors (Lipinski definition) is 2. The van der Waals surface area contributed by atoms with Crippen molar-refractivity contribution in [3.63, 3.8) is 0 Å². The minimum absolute atomic E-state index is 0.272. The molecule has 122 valence electrons. The highest BCUT2D eigenvalue weighted by Crippen LogP contribution is 2.20. The molecule has 0 heterocycles. The molecule has 25 heavy (non-hydrogen) atoms. The number of amides is 1. The predicted molar refractivity (Wildman–Crippen MR) is 98.3 cm³/mol. The zero-order valence-electron chi connectivity index (χ0n) is 13.3. The SMILES string of the molecule is O=C=Nc1cccc(C(=O)Nc2ccc(Nc3ccccc3)cc2)c1. The molecular formula is C20H15N3O2. The first-order chi connectivity index (χ1) is 12.2. The van der Waals surface area contributed by atoms with E-state index >= 15 is 0 Å². The van der Waals surface area contributed by atoms with Crippen molar-refractivity contribution in [3.05, 3.63) is 84.4 Å². The first-order valence-corrected chi connectivity index (χ1v) is 7.66. The molecule has 5 heteroatoms. The van der Waals surface area contributed by atoms with E-state index in [1.54, 1.807) is 18.2 Å². The van der Waals surface area contributed by atoms with Crippen LogP contribution in [0.2, 0.25) is 0 Å². The van der Waals surface area contributed by atoms with Crippen molar-refractivity contribution in [1.82, 2.24) is 0 Å². The molecule has 3 rings (SSSR count). The monoisotopic (exact) mass is 329 g/mol. The van der Waals surface area contributed by atoms with Crippen molar-refractivity contribution in [2.24, 2.45) is 4.99 Å². The fraction of sp³-hybridized carbons (Fsp3) is 0. The Morgan fingerprint density at radius 2 is 1.48 bits per heavy atom. The Morgan fingerprint density at radius 3 is 2.20 bits per heavy atom. The molecular weight excluding hydrogens is 314 g/mol. The van der Waals surface area contributed by atoms with Gasteiger partial charge in [-0.15, -0.1) is 0 Å². The molecule has 5 nitrogen and oxygen atoms in total. The highest BCUT2D eigenvalue weighted by Gasteiger charge is 2.07. The average molecular weight is 329 g/mol. The van der Waals surface area contributed by atoms with Gasteiger partial charge in [0.2, 0.25) is 6.08 Å². The lowest BCUT2D eigenvalue weighted by Crippen LogP contribution is -2.11. The third-order valence-electron chi connectivity index (χ3n) is 3.49. The van der Waals surface area contributed by atoms with Crippen molar-refractivity contribution in [3.8, 4) is 0 Å². The molecule has 0 saturated heterocycles. The molecule has 0 fully saturated rings. The Hall–Kier alpha value is -3.69. The molecule has 0 unspecified atom stereocenters. The number of hydrogen-bond acceptors (Lipinski definition) is 4. The summed E-state index contributed by atoms with van der Waals surface area (Å²) in [7, 11) is 0. The van der Waals surface area contributed by atoms with Crippen molar-refractivity contribution in [2.45, 2.75) is 0 Å². The molecule has 0 spiro atoms. The van der Waals surface area contributed by atoms with Gasteiger partial charge in [-0.25, -0.2) is 4.79 Å². The third-order valence-corrected chi connectivity index (χ3v) is 3.49. The topological polar surface area (TPSA) is 70.6 Å². The van der Waals surface area contributed by atoms with Crippen LogP contribution in [0.5, 0.6) is 0 Å². The Kier molecular flexibility index (Phi) is 5.00. The number of carbonyl (C=O) groups excluding carboxylic acids is 2. The van der Waals surface area contributed by atoms with E-state index in [9.17, 15) is 9.59 Å². The van der Waals surface area contributed by atoms with E-state index in [-0.39, 0.29) is 5.91 Å². The summed E-state index contributed by atoms with van der Waals surface area (Å²) in [5.74, 6) is -0.272. The highest BCUT2D eigenvalue weighted by atomic mass is 16.1. The van der Waals surface area contributed by atoms with Crippen LogP contribution >= 0.6 is 0 Å². The van der Waals surface area contributed by atoms with E-state index in [1.807, 2.05) is 54.6 Å². The minimum atomic E-state index is -0.272. The molecule has 0 atom stereocenters. The number of anilines is 3. The average Bonchev–Trinajstić information content (AvgIpc) is 2.65. The molecule has 1 amide bonds. The number of nitrogens with one attached hydrogen (secondary N) is 2. The number of para-hydroxylation sites is 1. The van der Waals surface area contributed by atoms with Gasteiger partial charge in [0.05, 0.1) is 5.69 Å². The van der Waals surface area contributed by atoms with Gasteiger partial charge in [0.1, 0.15) is 0 Å². The van der Waals surface area contributed by atoms with E-state index in [0.29, 0.717) is 16.9 Å². The number of rotatable bonds is 5. The van der Waals surface area contributed by atoms with E-state index in [1.165, 1.54) is 12.1 Å². The van der Waals surface area contributed by atoms with Crippen LogP contribution in [-0.4, -0.2) is 12.0 Å². The summed E-state index contributed by atoms with van der Waals surface area (Å²) in [6.07, 6.45) is 1.46. The quantitative estimate of drug-likeness (QED) is 0.529. The fourth-order valence-electron chi connectivity index (χ4n) is 2.30. The van der Waals surface area contributed by atoms with Gasteiger partial charge in [-0.2, -0.15) is 4.99 Å². The van der Waals surface area contributed by atoms with Crippen LogP contribution in [0.1, 0.15) is 10.4 Å². The van der Waals surface area contributed by atoms with Crippen molar-refractivity contribution < 1.29 is 9.59 Å². The number of nitrogens with zero attached hydrogens (tertiary/aromatic N) is 1. The summed E-state index contributed by atoms with van der Waals surface area (Å²) in [6, 6.07) is 23.7. The number of aliphatic imine (C=N–C) groups is 1. The lowest BCUT2D eigenvalue weighted by molar-refractivity contribution is 0.102. The zero-order chi connectivity index (χ0) is 17.5. The maximum absolute atomic E-state index is 12.3. The molecule has 0 radical (unpaired) electrons. The van der Waals surface area contributed by atoms with Crippen LogP contribution in [0.4, 0.5) is 22.7 Å². The van der Waals surface area contributed by atoms with Gasteiger partial charge >= 0.3 is 0 Å². The maximum Gasteiger partial charge on any atom is 0.255 e. The Bertz CT molecular complexity index is 915. The smallest absolute Gasteiger partial charge is 0.255 e. The first kappa shape index (κ1) is 16.2.